The van der Waals surface area contributed by atoms with Crippen LogP contribution in [0.15, 0.2) is 36.5 Å². The van der Waals surface area contributed by atoms with Crippen LogP contribution >= 0.6 is 0 Å². The quantitative estimate of drug-likeness (QED) is 0.740. The Labute approximate surface area is 97.4 Å². The van der Waals surface area contributed by atoms with E-state index in [1.807, 2.05) is 6.07 Å². The summed E-state index contributed by atoms with van der Waals surface area (Å²) in [6.45, 7) is 0. The summed E-state index contributed by atoms with van der Waals surface area (Å²) in [6, 6.07) is 8.77. The van der Waals surface area contributed by atoms with Crippen LogP contribution in [0.25, 0.3) is 10.9 Å². The van der Waals surface area contributed by atoms with Crippen molar-refractivity contribution < 1.29 is 9.59 Å². The minimum absolute atomic E-state index is 0.496. The molecule has 5 nitrogen and oxygen atoms in total. The minimum Gasteiger partial charge on any atom is -0.369 e. The second-order valence-electron chi connectivity index (χ2n) is 3.66. The molecule has 0 atom stereocenters. The van der Waals surface area contributed by atoms with Crippen molar-refractivity contribution in [1.82, 2.24) is 4.98 Å². The number of hydrogen-bond acceptors (Lipinski definition) is 3. The molecule has 0 saturated heterocycles. The Kier molecular flexibility index (Phi) is 2.74. The summed E-state index contributed by atoms with van der Waals surface area (Å²) in [6.07, 6.45) is 1.52. The molecule has 0 saturated carbocycles. The predicted molar refractivity (Wildman–Crippen MR) is 62.9 cm³/mol. The zero-order chi connectivity index (χ0) is 12.4. The monoisotopic (exact) mass is 229 g/mol. The average molecular weight is 229 g/mol. The molecule has 86 valence electrons. The van der Waals surface area contributed by atoms with Gasteiger partial charge in [0, 0.05) is 11.6 Å². The number of aromatic nitrogens is 1. The molecule has 1 aromatic heterocycles. The third-order valence-electron chi connectivity index (χ3n) is 2.56. The number of nitrogens with two attached hydrogens (primary N) is 2. The van der Waals surface area contributed by atoms with Gasteiger partial charge >= 0.3 is 0 Å². The van der Waals surface area contributed by atoms with Crippen molar-refractivity contribution in [2.75, 3.05) is 0 Å². The molecular formula is C12H11N3O2. The van der Waals surface area contributed by atoms with Crippen LogP contribution in [0.3, 0.4) is 0 Å². The number of para-hydroxylation sites is 1. The Morgan fingerprint density at radius 3 is 2.35 bits per heavy atom. The molecule has 2 aromatic rings. The fraction of sp³-hybridized carbons (Fsp3) is 0.0833. The molecule has 0 spiro atoms. The van der Waals surface area contributed by atoms with Gasteiger partial charge in [-0.25, -0.2) is 0 Å². The van der Waals surface area contributed by atoms with Crippen LogP contribution in [0.1, 0.15) is 11.5 Å². The molecular weight excluding hydrogens is 218 g/mol. The normalized spacial score (nSPS) is 10.6. The number of primary amides is 2. The van der Waals surface area contributed by atoms with E-state index in [1.165, 1.54) is 6.20 Å². The van der Waals surface area contributed by atoms with Crippen molar-refractivity contribution >= 4 is 22.7 Å². The topological polar surface area (TPSA) is 99.1 Å². The summed E-state index contributed by atoms with van der Waals surface area (Å²) in [4.78, 5) is 26.7. The predicted octanol–water partition coefficient (Wildman–Crippen LogP) is 0.289. The van der Waals surface area contributed by atoms with Crippen molar-refractivity contribution in [2.24, 2.45) is 11.5 Å². The Balaban J connectivity index is 2.69. The lowest BCUT2D eigenvalue weighted by molar-refractivity contribution is -0.128. The van der Waals surface area contributed by atoms with E-state index in [4.69, 9.17) is 11.5 Å². The highest BCUT2D eigenvalue weighted by Crippen LogP contribution is 2.23. The number of rotatable bonds is 3. The standard InChI is InChI=1S/C12H11N3O2/c13-11(16)10(12(14)17)8-5-6-15-9-4-2-1-3-7(8)9/h1-6,10H,(H2,13,16)(H2,14,17). The fourth-order valence-corrected chi connectivity index (χ4v) is 1.82. The molecule has 0 radical (unpaired) electrons. The number of fused-ring (bicyclic) bond motifs is 1. The van der Waals surface area contributed by atoms with E-state index in [0.717, 1.165) is 0 Å². The maximum absolute atomic E-state index is 11.3. The third kappa shape index (κ3) is 1.94. The number of amides is 2. The van der Waals surface area contributed by atoms with Crippen LogP contribution in [-0.4, -0.2) is 16.8 Å². The van der Waals surface area contributed by atoms with Crippen molar-refractivity contribution in [1.29, 1.82) is 0 Å². The molecule has 2 amide bonds. The number of benzene rings is 1. The van der Waals surface area contributed by atoms with Gasteiger partial charge in [-0.1, -0.05) is 18.2 Å². The molecule has 0 fully saturated rings. The van der Waals surface area contributed by atoms with E-state index in [9.17, 15) is 9.59 Å². The molecule has 0 unspecified atom stereocenters. The Morgan fingerprint density at radius 2 is 1.71 bits per heavy atom. The first kappa shape index (κ1) is 11.1. The van der Waals surface area contributed by atoms with E-state index in [0.29, 0.717) is 16.5 Å². The summed E-state index contributed by atoms with van der Waals surface area (Å²) in [5.41, 5.74) is 11.6. The summed E-state index contributed by atoms with van der Waals surface area (Å²) in [5, 5.41) is 0.706. The number of hydrogen-bond donors (Lipinski definition) is 2. The molecule has 0 aliphatic heterocycles. The summed E-state index contributed by atoms with van der Waals surface area (Å²) >= 11 is 0. The van der Waals surface area contributed by atoms with Gasteiger partial charge in [-0.3, -0.25) is 14.6 Å². The largest absolute Gasteiger partial charge is 0.369 e. The first-order chi connectivity index (χ1) is 8.11. The highest BCUT2D eigenvalue weighted by Gasteiger charge is 2.25. The molecule has 0 aliphatic rings. The first-order valence-electron chi connectivity index (χ1n) is 5.03. The molecule has 1 aromatic carbocycles. The van der Waals surface area contributed by atoms with Gasteiger partial charge in [0.15, 0.2) is 0 Å². The van der Waals surface area contributed by atoms with Crippen molar-refractivity contribution in [3.63, 3.8) is 0 Å². The van der Waals surface area contributed by atoms with Gasteiger partial charge < -0.3 is 11.5 Å². The smallest absolute Gasteiger partial charge is 0.234 e. The number of nitrogens with zero attached hydrogens (tertiary/aromatic N) is 1. The summed E-state index contributed by atoms with van der Waals surface area (Å²) in [7, 11) is 0. The molecule has 4 N–H and O–H groups in total. The van der Waals surface area contributed by atoms with Crippen LogP contribution in [0.4, 0.5) is 0 Å². The zero-order valence-corrected chi connectivity index (χ0v) is 8.96. The number of pyridine rings is 1. The van der Waals surface area contributed by atoms with Crippen LogP contribution in [0.5, 0.6) is 0 Å². The number of carbonyl (C=O) groups is 2. The lowest BCUT2D eigenvalue weighted by atomic mass is 9.94. The second-order valence-corrected chi connectivity index (χ2v) is 3.66. The summed E-state index contributed by atoms with van der Waals surface area (Å²) in [5.74, 6) is -2.63. The van der Waals surface area contributed by atoms with E-state index in [1.54, 1.807) is 24.3 Å². The maximum atomic E-state index is 11.3. The molecule has 5 heteroatoms. The second kappa shape index (κ2) is 4.21. The van der Waals surface area contributed by atoms with Gasteiger partial charge in [0.1, 0.15) is 5.92 Å². The lowest BCUT2D eigenvalue weighted by Gasteiger charge is -2.12. The van der Waals surface area contributed by atoms with Crippen LogP contribution in [0, 0.1) is 0 Å². The molecule has 2 rings (SSSR count). The maximum Gasteiger partial charge on any atom is 0.234 e. The summed E-state index contributed by atoms with van der Waals surface area (Å²) < 4.78 is 0. The SMILES string of the molecule is NC(=O)C(C(N)=O)c1ccnc2ccccc12. The highest BCUT2D eigenvalue weighted by atomic mass is 16.2. The van der Waals surface area contributed by atoms with Crippen molar-refractivity contribution in [3.8, 4) is 0 Å². The van der Waals surface area contributed by atoms with Crippen LogP contribution < -0.4 is 11.5 Å². The Bertz CT molecular complexity index is 576. The molecule has 1 heterocycles. The lowest BCUT2D eigenvalue weighted by Crippen LogP contribution is -2.33. The van der Waals surface area contributed by atoms with Gasteiger partial charge in [-0.05, 0) is 17.7 Å². The van der Waals surface area contributed by atoms with E-state index in [-0.39, 0.29) is 0 Å². The van der Waals surface area contributed by atoms with E-state index < -0.39 is 17.7 Å². The van der Waals surface area contributed by atoms with E-state index >= 15 is 0 Å². The molecule has 0 bridgehead atoms. The van der Waals surface area contributed by atoms with Gasteiger partial charge in [0.2, 0.25) is 11.8 Å². The number of carbonyl (C=O) groups excluding carboxylic acids is 2. The molecule has 0 aliphatic carbocycles. The van der Waals surface area contributed by atoms with Crippen molar-refractivity contribution in [2.45, 2.75) is 5.92 Å². The van der Waals surface area contributed by atoms with Crippen molar-refractivity contribution in [3.05, 3.63) is 42.1 Å². The van der Waals surface area contributed by atoms with Gasteiger partial charge in [0.25, 0.3) is 0 Å². The van der Waals surface area contributed by atoms with Gasteiger partial charge in [0.05, 0.1) is 5.52 Å². The first-order valence-corrected chi connectivity index (χ1v) is 5.03. The van der Waals surface area contributed by atoms with Crippen LogP contribution in [-0.2, 0) is 9.59 Å². The third-order valence-corrected chi connectivity index (χ3v) is 2.56. The minimum atomic E-state index is -1.12. The van der Waals surface area contributed by atoms with Gasteiger partial charge in [-0.15, -0.1) is 0 Å². The zero-order valence-electron chi connectivity index (χ0n) is 8.96. The Hall–Kier alpha value is -2.43. The van der Waals surface area contributed by atoms with Gasteiger partial charge in [-0.2, -0.15) is 0 Å². The average Bonchev–Trinajstić information content (AvgIpc) is 2.28. The highest BCUT2D eigenvalue weighted by molar-refractivity contribution is 6.07. The molecule has 17 heavy (non-hydrogen) atoms. The fourth-order valence-electron chi connectivity index (χ4n) is 1.82. The van der Waals surface area contributed by atoms with Crippen LogP contribution in [0.2, 0.25) is 0 Å². The van der Waals surface area contributed by atoms with E-state index in [2.05, 4.69) is 4.98 Å². The Morgan fingerprint density at radius 1 is 1.06 bits per heavy atom.